The van der Waals surface area contributed by atoms with Crippen molar-refractivity contribution < 1.29 is 9.32 Å². The van der Waals surface area contributed by atoms with Gasteiger partial charge < -0.3 is 15.6 Å². The highest BCUT2D eigenvalue weighted by Gasteiger charge is 2.19. The van der Waals surface area contributed by atoms with Gasteiger partial charge in [-0.25, -0.2) is 4.98 Å². The molecule has 0 aliphatic carbocycles. The summed E-state index contributed by atoms with van der Waals surface area (Å²) in [6, 6.07) is 1.73. The van der Waals surface area contributed by atoms with E-state index in [1.165, 1.54) is 0 Å². The molecule has 19 heavy (non-hydrogen) atoms. The van der Waals surface area contributed by atoms with Crippen molar-refractivity contribution in [3.05, 3.63) is 23.0 Å². The number of pyridine rings is 1. The fourth-order valence-electron chi connectivity index (χ4n) is 1.80. The van der Waals surface area contributed by atoms with Gasteiger partial charge in [-0.15, -0.1) is 0 Å². The van der Waals surface area contributed by atoms with Gasteiger partial charge >= 0.3 is 0 Å². The normalized spacial score (nSPS) is 11.8. The molecule has 2 aromatic heterocycles. The minimum atomic E-state index is -0.458. The molecule has 102 valence electrons. The van der Waals surface area contributed by atoms with E-state index in [-0.39, 0.29) is 5.91 Å². The summed E-state index contributed by atoms with van der Waals surface area (Å²) in [5, 5.41) is 7.31. The number of hydrogen-bond donors (Lipinski definition) is 2. The van der Waals surface area contributed by atoms with Crippen LogP contribution in [0.1, 0.15) is 35.6 Å². The minimum Gasteiger partial charge on any atom is -0.350 e. The second kappa shape index (κ2) is 4.62. The van der Waals surface area contributed by atoms with E-state index in [4.69, 9.17) is 10.3 Å². The van der Waals surface area contributed by atoms with Crippen molar-refractivity contribution in [2.75, 3.05) is 6.54 Å². The molecule has 1 amide bonds. The van der Waals surface area contributed by atoms with Crippen LogP contribution in [0.4, 0.5) is 0 Å². The number of amides is 1. The predicted octanol–water partition coefficient (Wildman–Crippen LogP) is 1.31. The Hall–Kier alpha value is -1.95. The van der Waals surface area contributed by atoms with Crippen molar-refractivity contribution in [2.24, 2.45) is 5.73 Å². The zero-order chi connectivity index (χ0) is 14.2. The number of carbonyl (C=O) groups is 1. The SMILES string of the molecule is Cc1cc(C(=O)NCC(C)(C)N)c2c(C)noc2n1. The molecule has 0 radical (unpaired) electrons. The number of nitrogens with one attached hydrogen (secondary N) is 1. The Kier molecular flexibility index (Phi) is 3.28. The molecule has 2 aromatic rings. The monoisotopic (exact) mass is 262 g/mol. The van der Waals surface area contributed by atoms with Gasteiger partial charge in [-0.3, -0.25) is 4.79 Å². The Morgan fingerprint density at radius 3 is 2.79 bits per heavy atom. The van der Waals surface area contributed by atoms with Gasteiger partial charge in [0.2, 0.25) is 0 Å². The Labute approximate surface area is 111 Å². The Morgan fingerprint density at radius 1 is 1.47 bits per heavy atom. The molecule has 0 aliphatic rings. The highest BCUT2D eigenvalue weighted by Crippen LogP contribution is 2.21. The molecule has 0 saturated carbocycles. The van der Waals surface area contributed by atoms with Crippen molar-refractivity contribution in [2.45, 2.75) is 33.2 Å². The summed E-state index contributed by atoms with van der Waals surface area (Å²) >= 11 is 0. The zero-order valence-electron chi connectivity index (χ0n) is 11.6. The van der Waals surface area contributed by atoms with Crippen molar-refractivity contribution in [1.29, 1.82) is 0 Å². The lowest BCUT2D eigenvalue weighted by Gasteiger charge is -2.19. The summed E-state index contributed by atoms with van der Waals surface area (Å²) < 4.78 is 5.10. The van der Waals surface area contributed by atoms with Crippen molar-refractivity contribution in [3.63, 3.8) is 0 Å². The van der Waals surface area contributed by atoms with Gasteiger partial charge in [-0.05, 0) is 33.8 Å². The van der Waals surface area contributed by atoms with Crippen LogP contribution in [0.3, 0.4) is 0 Å². The smallest absolute Gasteiger partial charge is 0.258 e. The molecule has 0 atom stereocenters. The third-order valence-corrected chi connectivity index (χ3v) is 2.69. The summed E-state index contributed by atoms with van der Waals surface area (Å²) in [6.45, 7) is 7.68. The van der Waals surface area contributed by atoms with Crippen LogP contribution in [-0.2, 0) is 0 Å². The van der Waals surface area contributed by atoms with Gasteiger partial charge in [0.05, 0.1) is 16.6 Å². The molecule has 0 aliphatic heterocycles. The van der Waals surface area contributed by atoms with E-state index in [9.17, 15) is 4.79 Å². The van der Waals surface area contributed by atoms with E-state index < -0.39 is 5.54 Å². The van der Waals surface area contributed by atoms with Gasteiger partial charge in [-0.1, -0.05) is 5.16 Å². The Balaban J connectivity index is 2.38. The highest BCUT2D eigenvalue weighted by molar-refractivity contribution is 6.06. The number of hydrogen-bond acceptors (Lipinski definition) is 5. The highest BCUT2D eigenvalue weighted by atomic mass is 16.5. The van der Waals surface area contributed by atoms with Gasteiger partial charge in [0.25, 0.3) is 11.6 Å². The molecule has 0 spiro atoms. The lowest BCUT2D eigenvalue weighted by Crippen LogP contribution is -2.45. The van der Waals surface area contributed by atoms with Crippen LogP contribution in [0.5, 0.6) is 0 Å². The van der Waals surface area contributed by atoms with Crippen LogP contribution < -0.4 is 11.1 Å². The van der Waals surface area contributed by atoms with E-state index >= 15 is 0 Å². The van der Waals surface area contributed by atoms with Crippen LogP contribution >= 0.6 is 0 Å². The first-order valence-corrected chi connectivity index (χ1v) is 6.08. The lowest BCUT2D eigenvalue weighted by atomic mass is 10.1. The molecule has 2 rings (SSSR count). The van der Waals surface area contributed by atoms with Crippen molar-refractivity contribution in [1.82, 2.24) is 15.5 Å². The minimum absolute atomic E-state index is 0.194. The maximum absolute atomic E-state index is 12.2. The average Bonchev–Trinajstić information content (AvgIpc) is 2.66. The second-order valence-electron chi connectivity index (χ2n) is 5.43. The van der Waals surface area contributed by atoms with Crippen LogP contribution in [0.15, 0.2) is 10.6 Å². The fourth-order valence-corrected chi connectivity index (χ4v) is 1.80. The average molecular weight is 262 g/mol. The fraction of sp³-hybridized carbons (Fsp3) is 0.462. The molecule has 0 fully saturated rings. The molecular weight excluding hydrogens is 244 g/mol. The van der Waals surface area contributed by atoms with Crippen molar-refractivity contribution in [3.8, 4) is 0 Å². The number of nitrogens with two attached hydrogens (primary N) is 1. The summed E-state index contributed by atoms with van der Waals surface area (Å²) in [7, 11) is 0. The standard InChI is InChI=1S/C13H18N4O2/c1-7-5-9(11(18)15-6-13(3,4)14)10-8(2)17-19-12(10)16-7/h5H,6,14H2,1-4H3,(H,15,18). The maximum Gasteiger partial charge on any atom is 0.258 e. The molecule has 3 N–H and O–H groups in total. The molecule has 2 heterocycles. The summed E-state index contributed by atoms with van der Waals surface area (Å²) in [4.78, 5) is 16.5. The molecule has 0 saturated heterocycles. The van der Waals surface area contributed by atoms with E-state index in [2.05, 4.69) is 15.5 Å². The second-order valence-corrected chi connectivity index (χ2v) is 5.43. The Bertz CT molecular complexity index is 625. The third-order valence-electron chi connectivity index (χ3n) is 2.69. The van der Waals surface area contributed by atoms with E-state index in [1.54, 1.807) is 19.9 Å². The first kappa shape index (κ1) is 13.5. The lowest BCUT2D eigenvalue weighted by molar-refractivity contribution is 0.0947. The van der Waals surface area contributed by atoms with Crippen LogP contribution in [0, 0.1) is 13.8 Å². The van der Waals surface area contributed by atoms with Gasteiger partial charge in [0.1, 0.15) is 0 Å². The number of aryl methyl sites for hydroxylation is 2. The predicted molar refractivity (Wildman–Crippen MR) is 71.9 cm³/mol. The summed E-state index contributed by atoms with van der Waals surface area (Å²) in [6.07, 6.45) is 0. The van der Waals surface area contributed by atoms with Crippen LogP contribution in [-0.4, -0.2) is 28.1 Å². The van der Waals surface area contributed by atoms with Crippen LogP contribution in [0.25, 0.3) is 11.1 Å². The van der Waals surface area contributed by atoms with Gasteiger partial charge in [-0.2, -0.15) is 0 Å². The topological polar surface area (TPSA) is 94.0 Å². The maximum atomic E-state index is 12.2. The van der Waals surface area contributed by atoms with Gasteiger partial charge in [0.15, 0.2) is 0 Å². The summed E-state index contributed by atoms with van der Waals surface area (Å²) in [5.41, 5.74) is 7.66. The van der Waals surface area contributed by atoms with Crippen molar-refractivity contribution >= 4 is 17.0 Å². The molecule has 6 nitrogen and oxygen atoms in total. The van der Waals surface area contributed by atoms with E-state index in [0.717, 1.165) is 0 Å². The number of carbonyl (C=O) groups excluding carboxylic acids is 1. The molecule has 6 heteroatoms. The number of fused-ring (bicyclic) bond motifs is 1. The quantitative estimate of drug-likeness (QED) is 0.869. The van der Waals surface area contributed by atoms with Gasteiger partial charge in [0, 0.05) is 17.8 Å². The zero-order valence-corrected chi connectivity index (χ0v) is 11.6. The number of aromatic nitrogens is 2. The largest absolute Gasteiger partial charge is 0.350 e. The molecule has 0 aromatic carbocycles. The third kappa shape index (κ3) is 2.90. The van der Waals surface area contributed by atoms with Crippen LogP contribution in [0.2, 0.25) is 0 Å². The first-order valence-electron chi connectivity index (χ1n) is 6.08. The summed E-state index contributed by atoms with van der Waals surface area (Å²) in [5.74, 6) is -0.194. The van der Waals surface area contributed by atoms with E-state index in [0.29, 0.717) is 34.6 Å². The van der Waals surface area contributed by atoms with E-state index in [1.807, 2.05) is 13.8 Å². The molecule has 0 unspecified atom stereocenters. The Morgan fingerprint density at radius 2 is 2.16 bits per heavy atom. The first-order chi connectivity index (χ1) is 8.78. The molecular formula is C13H18N4O2. The number of nitrogens with zero attached hydrogens (tertiary/aromatic N) is 2. The number of rotatable bonds is 3. The molecule has 0 bridgehead atoms.